The van der Waals surface area contributed by atoms with Crippen LogP contribution in [0.25, 0.3) is 22.9 Å². The molecule has 0 fully saturated rings. The van der Waals surface area contributed by atoms with E-state index in [1.165, 1.54) is 89.7 Å². The number of nitrogens with zero attached hydrogens (tertiary/aromatic N) is 3. The topological polar surface area (TPSA) is 9.72 Å². The van der Waals surface area contributed by atoms with Crippen LogP contribution in [0.15, 0.2) is 200 Å². The fourth-order valence-corrected chi connectivity index (χ4v) is 11.2. The molecule has 0 radical (unpaired) electrons. The molecule has 7 aromatic rings. The first-order chi connectivity index (χ1) is 30.5. The van der Waals surface area contributed by atoms with Crippen molar-refractivity contribution in [1.29, 1.82) is 0 Å². The summed E-state index contributed by atoms with van der Waals surface area (Å²) in [6.07, 6.45) is 24.1. The normalized spacial score (nSPS) is 20.3. The monoisotopic (exact) mass is 799 g/mol. The van der Waals surface area contributed by atoms with Crippen LogP contribution in [0.1, 0.15) is 59.6 Å². The van der Waals surface area contributed by atoms with Crippen molar-refractivity contribution in [2.75, 3.05) is 14.7 Å². The average Bonchev–Trinajstić information content (AvgIpc) is 3.42. The summed E-state index contributed by atoms with van der Waals surface area (Å²) in [5.74, 6) is 0.657. The largest absolute Gasteiger partial charge is 0.331 e. The molecule has 0 bridgehead atoms. The number of aryl methyl sites for hydroxylation is 2. The molecule has 3 aliphatic carbocycles. The van der Waals surface area contributed by atoms with Crippen LogP contribution >= 0.6 is 0 Å². The predicted octanol–water partition coefficient (Wildman–Crippen LogP) is 15.2. The highest BCUT2D eigenvalue weighted by atomic mass is 15.3. The Morgan fingerprint density at radius 3 is 1.87 bits per heavy atom. The lowest BCUT2D eigenvalue weighted by Gasteiger charge is -2.44. The number of rotatable bonds is 5. The smallest absolute Gasteiger partial charge is 0.0699 e. The number of fused-ring (bicyclic) bond motifs is 8. The third kappa shape index (κ3) is 5.79. The van der Waals surface area contributed by atoms with Crippen LogP contribution < -0.4 is 14.7 Å². The average molecular weight is 800 g/mol. The summed E-state index contributed by atoms with van der Waals surface area (Å²) in [6.45, 7) is 4.90. The molecule has 2 aliphatic heterocycles. The molecule has 12 rings (SSSR count). The van der Waals surface area contributed by atoms with E-state index >= 15 is 0 Å². The zero-order valence-electron chi connectivity index (χ0n) is 35.3. The van der Waals surface area contributed by atoms with E-state index < -0.39 is 0 Å². The highest BCUT2D eigenvalue weighted by molar-refractivity contribution is 6.04. The zero-order chi connectivity index (χ0) is 41.4. The fraction of sp³-hybridized carbons (Fsp3) is 0.153. The molecule has 3 heteroatoms. The van der Waals surface area contributed by atoms with E-state index in [1.807, 2.05) is 0 Å². The van der Waals surface area contributed by atoms with E-state index in [2.05, 4.69) is 235 Å². The van der Waals surface area contributed by atoms with Crippen LogP contribution in [-0.2, 0) is 18.3 Å². The van der Waals surface area contributed by atoms with E-state index in [1.54, 1.807) is 0 Å². The Hall–Kier alpha value is -7.10. The van der Waals surface area contributed by atoms with E-state index in [0.717, 1.165) is 19.3 Å². The molecular weight excluding hydrogens is 751 g/mol. The van der Waals surface area contributed by atoms with Gasteiger partial charge in [0.15, 0.2) is 0 Å². The Balaban J connectivity index is 0.877. The summed E-state index contributed by atoms with van der Waals surface area (Å²) in [7, 11) is 0. The van der Waals surface area contributed by atoms with Crippen molar-refractivity contribution in [2.45, 2.75) is 50.5 Å². The number of allylic oxidation sites excluding steroid dienone is 5. The Morgan fingerprint density at radius 2 is 1.18 bits per heavy atom. The van der Waals surface area contributed by atoms with Gasteiger partial charge in [-0.15, -0.1) is 0 Å². The van der Waals surface area contributed by atoms with E-state index in [4.69, 9.17) is 0 Å². The second-order valence-corrected chi connectivity index (χ2v) is 18.0. The molecule has 0 N–H and O–H groups in total. The van der Waals surface area contributed by atoms with Crippen molar-refractivity contribution < 1.29 is 0 Å². The minimum atomic E-state index is -0.0615. The highest BCUT2D eigenvalue weighted by Gasteiger charge is 2.46. The predicted molar refractivity (Wildman–Crippen MR) is 262 cm³/mol. The fourth-order valence-electron chi connectivity index (χ4n) is 11.2. The van der Waals surface area contributed by atoms with Gasteiger partial charge >= 0.3 is 0 Å². The van der Waals surface area contributed by atoms with Crippen molar-refractivity contribution in [3.8, 4) is 0 Å². The molecule has 0 aromatic heterocycles. The third-order valence-electron chi connectivity index (χ3n) is 14.2. The maximum absolute atomic E-state index is 2.57. The van der Waals surface area contributed by atoms with Crippen molar-refractivity contribution in [3.63, 3.8) is 0 Å². The first-order valence-electron chi connectivity index (χ1n) is 22.3. The van der Waals surface area contributed by atoms with Gasteiger partial charge in [-0.3, -0.25) is 0 Å². The second kappa shape index (κ2) is 14.5. The first-order valence-corrected chi connectivity index (χ1v) is 22.3. The first kappa shape index (κ1) is 36.7. The second-order valence-electron chi connectivity index (χ2n) is 18.0. The molecule has 0 saturated heterocycles. The maximum Gasteiger partial charge on any atom is 0.0699 e. The maximum atomic E-state index is 2.57. The minimum absolute atomic E-state index is 0.0615. The summed E-state index contributed by atoms with van der Waals surface area (Å²) in [4.78, 5) is 7.53. The molecule has 0 saturated carbocycles. The lowest BCUT2D eigenvalue weighted by atomic mass is 9.74. The van der Waals surface area contributed by atoms with Gasteiger partial charge in [0.25, 0.3) is 0 Å². The van der Waals surface area contributed by atoms with Gasteiger partial charge in [0.05, 0.1) is 34.5 Å². The van der Waals surface area contributed by atoms with E-state index in [-0.39, 0.29) is 11.5 Å². The molecule has 5 aliphatic rings. The molecule has 0 amide bonds. The van der Waals surface area contributed by atoms with Crippen molar-refractivity contribution in [3.05, 3.63) is 233 Å². The van der Waals surface area contributed by atoms with Crippen molar-refractivity contribution in [2.24, 2.45) is 5.92 Å². The number of benzene rings is 7. The lowest BCUT2D eigenvalue weighted by molar-refractivity contribution is 0.392. The Kier molecular flexibility index (Phi) is 8.60. The zero-order valence-corrected chi connectivity index (χ0v) is 35.3. The molecule has 62 heavy (non-hydrogen) atoms. The van der Waals surface area contributed by atoms with Crippen LogP contribution in [0.3, 0.4) is 0 Å². The molecule has 3 nitrogen and oxygen atoms in total. The molecular formula is C59H49N3. The van der Waals surface area contributed by atoms with Crippen LogP contribution in [0.5, 0.6) is 0 Å². The summed E-state index contributed by atoms with van der Waals surface area (Å²) in [5, 5.41) is 2.51. The van der Waals surface area contributed by atoms with E-state index in [9.17, 15) is 0 Å². The molecule has 300 valence electrons. The summed E-state index contributed by atoms with van der Waals surface area (Å²) >= 11 is 0. The van der Waals surface area contributed by atoms with Gasteiger partial charge in [0.2, 0.25) is 0 Å². The minimum Gasteiger partial charge on any atom is -0.331 e. The number of hydrogen-bond donors (Lipinski definition) is 0. The molecule has 7 aromatic carbocycles. The van der Waals surface area contributed by atoms with Gasteiger partial charge in [-0.1, -0.05) is 172 Å². The molecule has 3 unspecified atom stereocenters. The van der Waals surface area contributed by atoms with Gasteiger partial charge in [-0.2, -0.15) is 0 Å². The van der Waals surface area contributed by atoms with Crippen LogP contribution in [-0.4, -0.2) is 6.04 Å². The molecule has 2 heterocycles. The van der Waals surface area contributed by atoms with Gasteiger partial charge in [-0.25, -0.2) is 0 Å². The van der Waals surface area contributed by atoms with Crippen LogP contribution in [0.2, 0.25) is 0 Å². The summed E-state index contributed by atoms with van der Waals surface area (Å²) < 4.78 is 0. The molecule has 0 spiro atoms. The number of hydrogen-bond acceptors (Lipinski definition) is 3. The quantitative estimate of drug-likeness (QED) is 0.161. The van der Waals surface area contributed by atoms with Crippen LogP contribution in [0.4, 0.5) is 39.8 Å². The summed E-state index contributed by atoms with van der Waals surface area (Å²) in [5.41, 5.74) is 18.0. The van der Waals surface area contributed by atoms with Crippen LogP contribution in [0, 0.1) is 5.92 Å². The Bertz CT molecular complexity index is 2990. The van der Waals surface area contributed by atoms with Crippen molar-refractivity contribution in [1.82, 2.24) is 0 Å². The van der Waals surface area contributed by atoms with Gasteiger partial charge < -0.3 is 14.7 Å². The van der Waals surface area contributed by atoms with E-state index in [0.29, 0.717) is 11.8 Å². The Labute approximate surface area is 365 Å². The number of anilines is 7. The number of para-hydroxylation sites is 6. The lowest BCUT2D eigenvalue weighted by Crippen LogP contribution is -2.36. The summed E-state index contributed by atoms with van der Waals surface area (Å²) in [6, 6.07) is 56.7. The highest BCUT2D eigenvalue weighted by Crippen LogP contribution is 2.57. The van der Waals surface area contributed by atoms with Gasteiger partial charge in [0.1, 0.15) is 0 Å². The third-order valence-corrected chi connectivity index (χ3v) is 14.2. The van der Waals surface area contributed by atoms with Gasteiger partial charge in [-0.05, 0) is 118 Å². The standard InChI is InChI=1S/C59H49N3/c1-59(2)50-38-40(30-32-41-18-14-22-49-46(41)21-15-29-54(49)62-52-23-8-6-16-42(52)33-34-43-17-7-9-24-53(43)62)31-36-47(50)48-37-35-45(39-51(48)59)61-57-27-12-10-25-55(57)60(44-19-4-3-5-20-44)56-26-11-13-28-58(56)61/h3-19,21-32,35-39,44,48,51H,20,33-34H2,1-2H3/b32-30+. The molecule has 3 atom stereocenters. The Morgan fingerprint density at radius 1 is 0.548 bits per heavy atom. The van der Waals surface area contributed by atoms with Crippen molar-refractivity contribution >= 4 is 62.7 Å². The SMILES string of the molecule is CC1(C)c2cc(/C=C/c3cccc4c(N5c6ccccc6CCc6ccccc65)cccc34)ccc2C2C=CC(N3c4ccccc4N(C4C=CC=CC4)c4ccccc43)=CC21. The van der Waals surface area contributed by atoms with Gasteiger partial charge in [0, 0.05) is 28.4 Å².